The summed E-state index contributed by atoms with van der Waals surface area (Å²) in [6.07, 6.45) is 3.19. The van der Waals surface area contributed by atoms with E-state index in [0.29, 0.717) is 36.6 Å². The largest absolute Gasteiger partial charge is 0.454 e. The number of hydrogen-bond acceptors (Lipinski definition) is 5. The lowest BCUT2D eigenvalue weighted by atomic mass is 10.0. The molecule has 1 saturated carbocycles. The van der Waals surface area contributed by atoms with Crippen molar-refractivity contribution in [3.63, 3.8) is 0 Å². The van der Waals surface area contributed by atoms with Crippen LogP contribution in [-0.4, -0.2) is 37.9 Å². The Morgan fingerprint density at radius 3 is 2.75 bits per heavy atom. The zero-order chi connectivity index (χ0) is 16.6. The molecule has 1 atom stereocenters. The molecule has 2 N–H and O–H groups in total. The fraction of sp³-hybridized carbons (Fsp3) is 0.529. The lowest BCUT2D eigenvalue weighted by molar-refractivity contribution is -0.134. The predicted molar refractivity (Wildman–Crippen MR) is 84.8 cm³/mol. The molecule has 24 heavy (non-hydrogen) atoms. The van der Waals surface area contributed by atoms with Crippen LogP contribution in [0.15, 0.2) is 18.2 Å². The Hall–Kier alpha value is -2.28. The van der Waals surface area contributed by atoms with Gasteiger partial charge < -0.3 is 24.8 Å². The van der Waals surface area contributed by atoms with E-state index in [9.17, 15) is 9.59 Å². The number of ether oxygens (including phenoxy) is 3. The van der Waals surface area contributed by atoms with Crippen LogP contribution < -0.4 is 20.1 Å². The van der Waals surface area contributed by atoms with Gasteiger partial charge in [-0.2, -0.15) is 0 Å². The molecule has 2 aliphatic heterocycles. The number of rotatable bonds is 5. The average Bonchev–Trinajstić information content (AvgIpc) is 3.02. The first-order valence-electron chi connectivity index (χ1n) is 8.28. The Bertz CT molecular complexity index is 665. The minimum absolute atomic E-state index is 0.0710. The number of benzene rings is 1. The number of carbonyl (C=O) groups is 2. The summed E-state index contributed by atoms with van der Waals surface area (Å²) in [5.41, 5.74) is -0.350. The van der Waals surface area contributed by atoms with Gasteiger partial charge in [0, 0.05) is 24.9 Å². The molecule has 4 rings (SSSR count). The Morgan fingerprint density at radius 2 is 2.00 bits per heavy atom. The van der Waals surface area contributed by atoms with Gasteiger partial charge in [0.2, 0.25) is 18.6 Å². The molecule has 1 aromatic carbocycles. The van der Waals surface area contributed by atoms with E-state index in [0.717, 1.165) is 19.4 Å². The van der Waals surface area contributed by atoms with E-state index in [4.69, 9.17) is 14.2 Å². The number of carbonyl (C=O) groups excluding carboxylic acids is 2. The van der Waals surface area contributed by atoms with Gasteiger partial charge in [-0.05, 0) is 37.8 Å². The van der Waals surface area contributed by atoms with Gasteiger partial charge in [0.05, 0.1) is 6.10 Å². The first kappa shape index (κ1) is 15.3. The van der Waals surface area contributed by atoms with Gasteiger partial charge in [0.1, 0.15) is 5.41 Å². The Kier molecular flexibility index (Phi) is 3.80. The molecular weight excluding hydrogens is 312 g/mol. The van der Waals surface area contributed by atoms with Gasteiger partial charge in [0.25, 0.3) is 0 Å². The SMILES string of the molecule is O=C(NCC1CCCO1)C1(C(=O)Nc2ccc3c(c2)OCO3)CC1. The summed E-state index contributed by atoms with van der Waals surface area (Å²) < 4.78 is 16.0. The number of fused-ring (bicyclic) bond motifs is 1. The molecule has 7 heteroatoms. The molecule has 0 aromatic heterocycles. The number of nitrogens with one attached hydrogen (secondary N) is 2. The molecule has 3 aliphatic rings. The van der Waals surface area contributed by atoms with E-state index >= 15 is 0 Å². The molecule has 1 saturated heterocycles. The molecule has 2 heterocycles. The van der Waals surface area contributed by atoms with Crippen molar-refractivity contribution in [2.75, 3.05) is 25.3 Å². The van der Waals surface area contributed by atoms with Crippen molar-refractivity contribution >= 4 is 17.5 Å². The lowest BCUT2D eigenvalue weighted by Crippen LogP contribution is -2.42. The van der Waals surface area contributed by atoms with Gasteiger partial charge in [-0.25, -0.2) is 0 Å². The van der Waals surface area contributed by atoms with Crippen molar-refractivity contribution in [2.45, 2.75) is 31.8 Å². The van der Waals surface area contributed by atoms with Crippen LogP contribution in [-0.2, 0) is 14.3 Å². The van der Waals surface area contributed by atoms with Gasteiger partial charge >= 0.3 is 0 Å². The molecule has 128 valence electrons. The Morgan fingerprint density at radius 1 is 1.17 bits per heavy atom. The lowest BCUT2D eigenvalue weighted by Gasteiger charge is -2.17. The predicted octanol–water partition coefficient (Wildman–Crippen LogP) is 1.43. The quantitative estimate of drug-likeness (QED) is 0.797. The summed E-state index contributed by atoms with van der Waals surface area (Å²) in [5, 5.41) is 5.68. The average molecular weight is 332 g/mol. The maximum absolute atomic E-state index is 12.6. The number of amides is 2. The highest BCUT2D eigenvalue weighted by atomic mass is 16.7. The summed E-state index contributed by atoms with van der Waals surface area (Å²) in [7, 11) is 0. The molecule has 2 amide bonds. The third kappa shape index (κ3) is 2.80. The van der Waals surface area contributed by atoms with E-state index in [2.05, 4.69) is 10.6 Å². The van der Waals surface area contributed by atoms with Crippen molar-refractivity contribution in [2.24, 2.45) is 5.41 Å². The molecule has 0 radical (unpaired) electrons. The molecule has 1 unspecified atom stereocenters. The fourth-order valence-electron chi connectivity index (χ4n) is 3.09. The summed E-state index contributed by atoms with van der Waals surface area (Å²) in [6, 6.07) is 5.20. The molecule has 7 nitrogen and oxygen atoms in total. The topological polar surface area (TPSA) is 85.9 Å². The second-order valence-electron chi connectivity index (χ2n) is 6.45. The zero-order valence-electron chi connectivity index (χ0n) is 13.3. The normalized spacial score (nSPS) is 22.9. The highest BCUT2D eigenvalue weighted by molar-refractivity contribution is 6.13. The highest BCUT2D eigenvalue weighted by Gasteiger charge is 2.56. The fourth-order valence-corrected chi connectivity index (χ4v) is 3.09. The van der Waals surface area contributed by atoms with Gasteiger partial charge in [-0.15, -0.1) is 0 Å². The van der Waals surface area contributed by atoms with E-state index in [1.165, 1.54) is 0 Å². The van der Waals surface area contributed by atoms with Crippen molar-refractivity contribution in [3.8, 4) is 11.5 Å². The zero-order valence-corrected chi connectivity index (χ0v) is 13.3. The monoisotopic (exact) mass is 332 g/mol. The Balaban J connectivity index is 1.37. The van der Waals surface area contributed by atoms with Crippen LogP contribution in [0.4, 0.5) is 5.69 Å². The first-order chi connectivity index (χ1) is 11.7. The van der Waals surface area contributed by atoms with E-state index in [1.54, 1.807) is 18.2 Å². The van der Waals surface area contributed by atoms with Crippen LogP contribution in [0.1, 0.15) is 25.7 Å². The van der Waals surface area contributed by atoms with Crippen LogP contribution in [0.5, 0.6) is 11.5 Å². The number of anilines is 1. The van der Waals surface area contributed by atoms with Gasteiger partial charge in [-0.1, -0.05) is 0 Å². The summed E-state index contributed by atoms with van der Waals surface area (Å²) in [5.74, 6) is 0.770. The minimum atomic E-state index is -0.949. The minimum Gasteiger partial charge on any atom is -0.454 e. The summed E-state index contributed by atoms with van der Waals surface area (Å²) >= 11 is 0. The summed E-state index contributed by atoms with van der Waals surface area (Å²) in [6.45, 7) is 1.40. The van der Waals surface area contributed by atoms with Crippen LogP contribution in [0.25, 0.3) is 0 Å². The molecule has 1 aromatic rings. The van der Waals surface area contributed by atoms with E-state index in [-0.39, 0.29) is 24.7 Å². The Labute approximate surface area is 139 Å². The van der Waals surface area contributed by atoms with E-state index in [1.807, 2.05) is 0 Å². The second-order valence-corrected chi connectivity index (χ2v) is 6.45. The second kappa shape index (κ2) is 5.98. The van der Waals surface area contributed by atoms with Crippen molar-refractivity contribution in [3.05, 3.63) is 18.2 Å². The first-order valence-corrected chi connectivity index (χ1v) is 8.28. The van der Waals surface area contributed by atoms with Crippen molar-refractivity contribution in [1.29, 1.82) is 0 Å². The maximum atomic E-state index is 12.6. The van der Waals surface area contributed by atoms with Crippen molar-refractivity contribution < 1.29 is 23.8 Å². The molecular formula is C17H20N2O5. The van der Waals surface area contributed by atoms with Crippen LogP contribution in [0.2, 0.25) is 0 Å². The molecule has 0 spiro atoms. The van der Waals surface area contributed by atoms with Crippen LogP contribution in [0.3, 0.4) is 0 Å². The molecule has 1 aliphatic carbocycles. The summed E-state index contributed by atoms with van der Waals surface area (Å²) in [4.78, 5) is 25.0. The maximum Gasteiger partial charge on any atom is 0.240 e. The standard InChI is InChI=1S/C17H20N2O5/c20-15(18-9-12-2-1-7-22-12)17(5-6-17)16(21)19-11-3-4-13-14(8-11)24-10-23-13/h3-4,8,12H,1-2,5-7,9-10H2,(H,18,20)(H,19,21). The van der Waals surface area contributed by atoms with Gasteiger partial charge in [0.15, 0.2) is 11.5 Å². The van der Waals surface area contributed by atoms with Gasteiger partial charge in [-0.3, -0.25) is 9.59 Å². The van der Waals surface area contributed by atoms with Crippen LogP contribution in [0, 0.1) is 5.41 Å². The molecule has 0 bridgehead atoms. The smallest absolute Gasteiger partial charge is 0.240 e. The van der Waals surface area contributed by atoms with E-state index < -0.39 is 5.41 Å². The highest BCUT2D eigenvalue weighted by Crippen LogP contribution is 2.47. The molecule has 2 fully saturated rings. The third-order valence-corrected chi connectivity index (χ3v) is 4.76. The van der Waals surface area contributed by atoms with Crippen LogP contribution >= 0.6 is 0 Å². The van der Waals surface area contributed by atoms with Crippen molar-refractivity contribution in [1.82, 2.24) is 5.32 Å². The third-order valence-electron chi connectivity index (χ3n) is 4.76. The number of hydrogen-bond donors (Lipinski definition) is 2.